The van der Waals surface area contributed by atoms with Crippen molar-refractivity contribution in [2.24, 2.45) is 0 Å². The number of alkyl carbamates (subject to hydrolysis) is 1. The third-order valence-corrected chi connectivity index (χ3v) is 3.55. The van der Waals surface area contributed by atoms with E-state index >= 15 is 0 Å². The van der Waals surface area contributed by atoms with Crippen LogP contribution in [0.25, 0.3) is 0 Å². The van der Waals surface area contributed by atoms with Crippen molar-refractivity contribution in [1.82, 2.24) is 15.5 Å². The SMILES string of the molecule is CC(C)NC(=O)C(c1ccccc1)N(CCO)C(=O)CNC(=O)OC(C)(C)C. The number of amides is 3. The summed E-state index contributed by atoms with van der Waals surface area (Å²) in [6.07, 6.45) is -0.729. The number of hydrogen-bond acceptors (Lipinski definition) is 5. The Morgan fingerprint density at radius 1 is 1.14 bits per heavy atom. The molecule has 8 heteroatoms. The Hall–Kier alpha value is -2.61. The third-order valence-electron chi connectivity index (χ3n) is 3.55. The van der Waals surface area contributed by atoms with Gasteiger partial charge in [-0.25, -0.2) is 4.79 Å². The monoisotopic (exact) mass is 393 g/mol. The third kappa shape index (κ3) is 7.96. The van der Waals surface area contributed by atoms with E-state index in [2.05, 4.69) is 10.6 Å². The predicted octanol–water partition coefficient (Wildman–Crippen LogP) is 1.60. The molecule has 0 aromatic heterocycles. The standard InChI is InChI=1S/C20H31N3O5/c1-14(2)22-18(26)17(15-9-7-6-8-10-15)23(11-12-24)16(25)13-21-19(27)28-20(3,4)5/h6-10,14,17,24H,11-13H2,1-5H3,(H,21,27)(H,22,26). The number of aliphatic hydroxyl groups excluding tert-OH is 1. The number of ether oxygens (including phenoxy) is 1. The van der Waals surface area contributed by atoms with Gasteiger partial charge in [0.15, 0.2) is 0 Å². The molecular weight excluding hydrogens is 362 g/mol. The van der Waals surface area contributed by atoms with E-state index < -0.39 is 23.6 Å². The Labute approximate surface area is 166 Å². The van der Waals surface area contributed by atoms with E-state index in [1.807, 2.05) is 19.9 Å². The molecule has 0 heterocycles. The Bertz CT molecular complexity index is 656. The van der Waals surface area contributed by atoms with Crippen LogP contribution in [0.1, 0.15) is 46.2 Å². The lowest BCUT2D eigenvalue weighted by atomic mass is 10.0. The van der Waals surface area contributed by atoms with Gasteiger partial charge in [0.1, 0.15) is 18.2 Å². The highest BCUT2D eigenvalue weighted by Gasteiger charge is 2.31. The number of rotatable bonds is 8. The molecule has 0 spiro atoms. The summed E-state index contributed by atoms with van der Waals surface area (Å²) >= 11 is 0. The van der Waals surface area contributed by atoms with Crippen LogP contribution in [0.4, 0.5) is 4.79 Å². The fourth-order valence-electron chi connectivity index (χ4n) is 2.54. The first-order valence-electron chi connectivity index (χ1n) is 9.27. The van der Waals surface area contributed by atoms with Crippen molar-refractivity contribution in [2.45, 2.75) is 52.3 Å². The molecule has 1 aromatic carbocycles. The summed E-state index contributed by atoms with van der Waals surface area (Å²) in [5.41, 5.74) is -0.0820. The average molecular weight is 393 g/mol. The molecule has 0 aliphatic carbocycles. The van der Waals surface area contributed by atoms with Crippen molar-refractivity contribution in [2.75, 3.05) is 19.7 Å². The van der Waals surface area contributed by atoms with E-state index in [-0.39, 0.29) is 31.6 Å². The van der Waals surface area contributed by atoms with Gasteiger partial charge >= 0.3 is 6.09 Å². The summed E-state index contributed by atoms with van der Waals surface area (Å²) in [6.45, 7) is 8.06. The number of hydrogen-bond donors (Lipinski definition) is 3. The largest absolute Gasteiger partial charge is 0.444 e. The van der Waals surface area contributed by atoms with Crippen molar-refractivity contribution in [1.29, 1.82) is 0 Å². The van der Waals surface area contributed by atoms with Crippen LogP contribution in [0.15, 0.2) is 30.3 Å². The molecule has 3 N–H and O–H groups in total. The summed E-state index contributed by atoms with van der Waals surface area (Å²) in [5, 5.41) is 14.6. The predicted molar refractivity (Wildman–Crippen MR) is 105 cm³/mol. The zero-order valence-electron chi connectivity index (χ0n) is 17.2. The van der Waals surface area contributed by atoms with Gasteiger partial charge in [-0.3, -0.25) is 9.59 Å². The molecular formula is C20H31N3O5. The molecule has 1 aromatic rings. The minimum atomic E-state index is -0.927. The van der Waals surface area contributed by atoms with Crippen LogP contribution in [-0.4, -0.2) is 59.3 Å². The van der Waals surface area contributed by atoms with E-state index in [0.717, 1.165) is 0 Å². The second-order valence-electron chi connectivity index (χ2n) is 7.64. The fourth-order valence-corrected chi connectivity index (χ4v) is 2.54. The first kappa shape index (κ1) is 23.4. The zero-order chi connectivity index (χ0) is 21.3. The quantitative estimate of drug-likeness (QED) is 0.622. The lowest BCUT2D eigenvalue weighted by Crippen LogP contribution is -2.49. The lowest BCUT2D eigenvalue weighted by molar-refractivity contribution is -0.141. The van der Waals surface area contributed by atoms with Crippen LogP contribution < -0.4 is 10.6 Å². The highest BCUT2D eigenvalue weighted by Crippen LogP contribution is 2.21. The Balaban J connectivity index is 3.02. The minimum absolute atomic E-state index is 0.0556. The van der Waals surface area contributed by atoms with Crippen molar-refractivity contribution in [3.05, 3.63) is 35.9 Å². The van der Waals surface area contributed by atoms with Crippen LogP contribution in [-0.2, 0) is 14.3 Å². The van der Waals surface area contributed by atoms with Gasteiger partial charge < -0.3 is 25.4 Å². The number of aliphatic hydroxyl groups is 1. The molecule has 1 rings (SSSR count). The molecule has 1 atom stereocenters. The second-order valence-corrected chi connectivity index (χ2v) is 7.64. The minimum Gasteiger partial charge on any atom is -0.444 e. The van der Waals surface area contributed by atoms with Gasteiger partial charge in [0.2, 0.25) is 11.8 Å². The molecule has 0 fully saturated rings. The van der Waals surface area contributed by atoms with E-state index in [4.69, 9.17) is 4.74 Å². The Morgan fingerprint density at radius 3 is 2.25 bits per heavy atom. The van der Waals surface area contributed by atoms with Crippen LogP contribution in [0.2, 0.25) is 0 Å². The smallest absolute Gasteiger partial charge is 0.408 e. The molecule has 3 amide bonds. The second kappa shape index (κ2) is 10.7. The van der Waals surface area contributed by atoms with Gasteiger partial charge in [-0.2, -0.15) is 0 Å². The number of carbonyl (C=O) groups is 3. The van der Waals surface area contributed by atoms with Crippen molar-refractivity contribution in [3.8, 4) is 0 Å². The van der Waals surface area contributed by atoms with Gasteiger partial charge in [-0.15, -0.1) is 0 Å². The van der Waals surface area contributed by atoms with Gasteiger partial charge in [-0.05, 0) is 40.2 Å². The van der Waals surface area contributed by atoms with Crippen molar-refractivity contribution < 1.29 is 24.2 Å². The molecule has 156 valence electrons. The summed E-state index contributed by atoms with van der Waals surface area (Å²) in [4.78, 5) is 38.7. The first-order chi connectivity index (χ1) is 13.0. The van der Waals surface area contributed by atoms with E-state index in [9.17, 15) is 19.5 Å². The number of carbonyl (C=O) groups excluding carboxylic acids is 3. The van der Waals surface area contributed by atoms with Crippen molar-refractivity contribution >= 4 is 17.9 Å². The summed E-state index contributed by atoms with van der Waals surface area (Å²) in [7, 11) is 0. The zero-order valence-corrected chi connectivity index (χ0v) is 17.2. The maximum atomic E-state index is 12.8. The number of benzene rings is 1. The van der Waals surface area contributed by atoms with Crippen LogP contribution in [0.3, 0.4) is 0 Å². The van der Waals surface area contributed by atoms with Crippen LogP contribution in [0, 0.1) is 0 Å². The van der Waals surface area contributed by atoms with E-state index in [0.29, 0.717) is 5.56 Å². The molecule has 28 heavy (non-hydrogen) atoms. The van der Waals surface area contributed by atoms with Crippen LogP contribution in [0.5, 0.6) is 0 Å². The first-order valence-corrected chi connectivity index (χ1v) is 9.27. The molecule has 0 bridgehead atoms. The maximum Gasteiger partial charge on any atom is 0.408 e. The van der Waals surface area contributed by atoms with Gasteiger partial charge in [0.05, 0.1) is 6.61 Å². The summed E-state index contributed by atoms with van der Waals surface area (Å²) in [6, 6.07) is 7.78. The molecule has 0 aliphatic rings. The average Bonchev–Trinajstić information content (AvgIpc) is 2.58. The van der Waals surface area contributed by atoms with E-state index in [1.54, 1.807) is 45.0 Å². The molecule has 0 radical (unpaired) electrons. The Kier molecular flexibility index (Phi) is 8.91. The van der Waals surface area contributed by atoms with Gasteiger partial charge in [-0.1, -0.05) is 30.3 Å². The van der Waals surface area contributed by atoms with Crippen molar-refractivity contribution in [3.63, 3.8) is 0 Å². The normalized spacial score (nSPS) is 12.2. The Morgan fingerprint density at radius 2 is 1.75 bits per heavy atom. The lowest BCUT2D eigenvalue weighted by Gasteiger charge is -2.31. The van der Waals surface area contributed by atoms with Crippen LogP contribution >= 0.6 is 0 Å². The molecule has 0 saturated carbocycles. The summed E-state index contributed by atoms with van der Waals surface area (Å²) < 4.78 is 5.12. The van der Waals surface area contributed by atoms with Gasteiger partial charge in [0.25, 0.3) is 0 Å². The topological polar surface area (TPSA) is 108 Å². The fraction of sp³-hybridized carbons (Fsp3) is 0.550. The summed E-state index contributed by atoms with van der Waals surface area (Å²) in [5.74, 6) is -0.868. The molecule has 0 aliphatic heterocycles. The number of nitrogens with zero attached hydrogens (tertiary/aromatic N) is 1. The highest BCUT2D eigenvalue weighted by atomic mass is 16.6. The van der Waals surface area contributed by atoms with Gasteiger partial charge in [0, 0.05) is 12.6 Å². The molecule has 0 saturated heterocycles. The molecule has 1 unspecified atom stereocenters. The number of nitrogens with one attached hydrogen (secondary N) is 2. The highest BCUT2D eigenvalue weighted by molar-refractivity contribution is 5.90. The maximum absolute atomic E-state index is 12.8. The molecule has 8 nitrogen and oxygen atoms in total. The van der Waals surface area contributed by atoms with E-state index in [1.165, 1.54) is 4.90 Å².